The summed E-state index contributed by atoms with van der Waals surface area (Å²) in [5, 5.41) is 14.2. The zero-order valence-corrected chi connectivity index (χ0v) is 18.1. The number of aromatic nitrogens is 1. The van der Waals surface area contributed by atoms with Crippen LogP contribution in [0, 0.1) is 0 Å². The minimum atomic E-state index is -0.785. The highest BCUT2D eigenvalue weighted by Crippen LogP contribution is 2.26. The fraction of sp³-hybridized carbons (Fsp3) is 0.682. The summed E-state index contributed by atoms with van der Waals surface area (Å²) in [5.74, 6) is 0.482. The second kappa shape index (κ2) is 10.2. The molecule has 2 amide bonds. The second-order valence-electron chi connectivity index (χ2n) is 8.44. The molecule has 166 valence electrons. The van der Waals surface area contributed by atoms with E-state index in [9.17, 15) is 14.7 Å². The van der Waals surface area contributed by atoms with Crippen LogP contribution in [-0.4, -0.2) is 82.7 Å². The van der Waals surface area contributed by atoms with Gasteiger partial charge in [0.1, 0.15) is 0 Å². The number of nitrogens with one attached hydrogen (secondary N) is 1. The topological polar surface area (TPSA) is 95.0 Å². The van der Waals surface area contributed by atoms with Crippen LogP contribution in [-0.2, 0) is 4.79 Å². The Morgan fingerprint density at radius 3 is 2.63 bits per heavy atom. The predicted molar refractivity (Wildman–Crippen MR) is 113 cm³/mol. The number of ether oxygens (including phenoxy) is 1. The maximum atomic E-state index is 12.9. The van der Waals surface area contributed by atoms with E-state index in [1.165, 1.54) is 0 Å². The Labute approximate surface area is 178 Å². The second-order valence-corrected chi connectivity index (χ2v) is 8.44. The molecule has 2 aliphatic heterocycles. The van der Waals surface area contributed by atoms with Crippen LogP contribution >= 0.6 is 0 Å². The number of pyridine rings is 1. The molecular weight excluding hydrogens is 384 g/mol. The quantitative estimate of drug-likeness (QED) is 0.726. The first-order valence-electron chi connectivity index (χ1n) is 11.0. The standard InChI is InChI=1S/C22H34N4O4/c1-3-30-20-6-5-18(15-23-20)21(28)26-11-4-9-22(29,10-14-26)16-25-12-7-19(8-13-25)24-17(2)27/h5-6,15,19,29H,3-4,7-14,16H2,1-2H3,(H,24,27)/t22-/m0/s1. The van der Waals surface area contributed by atoms with Crippen molar-refractivity contribution in [2.24, 2.45) is 0 Å². The normalized spacial score (nSPS) is 23.6. The number of β-amino-alcohol motifs (C(OH)–C–C–N with tert-alkyl or cyclic N) is 1. The number of nitrogens with zero attached hydrogens (tertiary/aromatic N) is 3. The first-order chi connectivity index (χ1) is 14.4. The summed E-state index contributed by atoms with van der Waals surface area (Å²) in [6.45, 7) is 7.51. The molecule has 0 unspecified atom stereocenters. The minimum Gasteiger partial charge on any atom is -0.478 e. The molecule has 0 spiro atoms. The van der Waals surface area contributed by atoms with Gasteiger partial charge in [-0.25, -0.2) is 4.98 Å². The van der Waals surface area contributed by atoms with Gasteiger partial charge in [-0.2, -0.15) is 0 Å². The van der Waals surface area contributed by atoms with Crippen LogP contribution in [0.5, 0.6) is 5.88 Å². The van der Waals surface area contributed by atoms with Gasteiger partial charge in [-0.1, -0.05) is 0 Å². The summed E-state index contributed by atoms with van der Waals surface area (Å²) in [6, 6.07) is 3.70. The maximum Gasteiger partial charge on any atom is 0.255 e. The molecule has 8 nitrogen and oxygen atoms in total. The fourth-order valence-corrected chi connectivity index (χ4v) is 4.40. The van der Waals surface area contributed by atoms with Crippen LogP contribution in [0.1, 0.15) is 56.3 Å². The van der Waals surface area contributed by atoms with E-state index in [-0.39, 0.29) is 17.9 Å². The largest absolute Gasteiger partial charge is 0.478 e. The summed E-state index contributed by atoms with van der Waals surface area (Å²) in [5.41, 5.74) is -0.239. The Morgan fingerprint density at radius 2 is 2.00 bits per heavy atom. The molecule has 1 aromatic heterocycles. The number of hydrogen-bond donors (Lipinski definition) is 2. The summed E-state index contributed by atoms with van der Waals surface area (Å²) < 4.78 is 5.34. The van der Waals surface area contributed by atoms with Crippen LogP contribution in [0.2, 0.25) is 0 Å². The molecule has 2 saturated heterocycles. The molecule has 1 aromatic rings. The van der Waals surface area contributed by atoms with E-state index in [1.54, 1.807) is 25.3 Å². The third kappa shape index (κ3) is 6.15. The molecule has 8 heteroatoms. The first kappa shape index (κ1) is 22.5. The predicted octanol–water partition coefficient (Wildman–Crippen LogP) is 1.44. The van der Waals surface area contributed by atoms with E-state index in [2.05, 4.69) is 15.2 Å². The molecule has 0 bridgehead atoms. The number of carbonyl (C=O) groups is 2. The first-order valence-corrected chi connectivity index (χ1v) is 11.0. The summed E-state index contributed by atoms with van der Waals surface area (Å²) in [6.07, 6.45) is 5.40. The van der Waals surface area contributed by atoms with Crippen LogP contribution in [0.15, 0.2) is 18.3 Å². The molecule has 0 aliphatic carbocycles. The highest BCUT2D eigenvalue weighted by Gasteiger charge is 2.34. The van der Waals surface area contributed by atoms with Crippen molar-refractivity contribution in [1.82, 2.24) is 20.1 Å². The van der Waals surface area contributed by atoms with E-state index in [0.29, 0.717) is 50.5 Å². The van der Waals surface area contributed by atoms with Gasteiger partial charge >= 0.3 is 0 Å². The van der Waals surface area contributed by atoms with E-state index >= 15 is 0 Å². The number of amides is 2. The zero-order chi connectivity index (χ0) is 21.6. The molecule has 3 heterocycles. The number of aliphatic hydroxyl groups is 1. The van der Waals surface area contributed by atoms with Gasteiger partial charge in [0.2, 0.25) is 11.8 Å². The van der Waals surface area contributed by atoms with Crippen molar-refractivity contribution in [3.05, 3.63) is 23.9 Å². The van der Waals surface area contributed by atoms with Gasteiger partial charge in [-0.3, -0.25) is 9.59 Å². The molecule has 0 aromatic carbocycles. The molecule has 2 aliphatic rings. The molecule has 30 heavy (non-hydrogen) atoms. The number of carbonyl (C=O) groups excluding carboxylic acids is 2. The molecule has 0 saturated carbocycles. The number of piperidine rings is 1. The Kier molecular flexibility index (Phi) is 7.66. The molecular formula is C22H34N4O4. The van der Waals surface area contributed by atoms with Crippen molar-refractivity contribution in [3.63, 3.8) is 0 Å². The lowest BCUT2D eigenvalue weighted by molar-refractivity contribution is -0.120. The van der Waals surface area contributed by atoms with Crippen LogP contribution in [0.4, 0.5) is 0 Å². The SMILES string of the molecule is CCOc1ccc(C(=O)N2CCC[C@@](O)(CN3CCC(NC(C)=O)CC3)CC2)cn1. The third-order valence-corrected chi connectivity index (χ3v) is 5.99. The van der Waals surface area contributed by atoms with Gasteiger partial charge in [-0.05, 0) is 45.1 Å². The zero-order valence-electron chi connectivity index (χ0n) is 18.1. The molecule has 2 fully saturated rings. The van der Waals surface area contributed by atoms with E-state index in [1.807, 2.05) is 11.8 Å². The van der Waals surface area contributed by atoms with E-state index in [4.69, 9.17) is 4.74 Å². The van der Waals surface area contributed by atoms with Gasteiger partial charge in [0.05, 0.1) is 17.8 Å². The molecule has 3 rings (SSSR count). The number of hydrogen-bond acceptors (Lipinski definition) is 6. The molecule has 2 N–H and O–H groups in total. The van der Waals surface area contributed by atoms with Crippen molar-refractivity contribution < 1.29 is 19.4 Å². The lowest BCUT2D eigenvalue weighted by Crippen LogP contribution is -2.50. The fourth-order valence-electron chi connectivity index (χ4n) is 4.40. The van der Waals surface area contributed by atoms with E-state index < -0.39 is 5.60 Å². The average molecular weight is 419 g/mol. The number of likely N-dealkylation sites (tertiary alicyclic amines) is 2. The lowest BCUT2D eigenvalue weighted by atomic mass is 9.93. The van der Waals surface area contributed by atoms with Gasteiger partial charge in [-0.15, -0.1) is 0 Å². The highest BCUT2D eigenvalue weighted by atomic mass is 16.5. The molecule has 1 atom stereocenters. The van der Waals surface area contributed by atoms with Crippen LogP contribution in [0.3, 0.4) is 0 Å². The summed E-state index contributed by atoms with van der Waals surface area (Å²) >= 11 is 0. The average Bonchev–Trinajstić information content (AvgIpc) is 2.91. The van der Waals surface area contributed by atoms with Gasteiger partial charge in [0, 0.05) is 58.0 Å². The summed E-state index contributed by atoms with van der Waals surface area (Å²) in [7, 11) is 0. The van der Waals surface area contributed by atoms with Crippen molar-refractivity contribution in [3.8, 4) is 5.88 Å². The summed E-state index contributed by atoms with van der Waals surface area (Å²) in [4.78, 5) is 32.4. The van der Waals surface area contributed by atoms with Crippen molar-refractivity contribution in [2.75, 3.05) is 39.3 Å². The third-order valence-electron chi connectivity index (χ3n) is 5.99. The van der Waals surface area contributed by atoms with Gasteiger partial charge in [0.25, 0.3) is 5.91 Å². The Bertz CT molecular complexity index is 718. The van der Waals surface area contributed by atoms with Crippen molar-refractivity contribution >= 4 is 11.8 Å². The Balaban J connectivity index is 1.51. The maximum absolute atomic E-state index is 12.9. The van der Waals surface area contributed by atoms with Crippen molar-refractivity contribution in [2.45, 2.75) is 57.6 Å². The smallest absolute Gasteiger partial charge is 0.255 e. The van der Waals surface area contributed by atoms with Crippen LogP contribution < -0.4 is 10.1 Å². The Morgan fingerprint density at radius 1 is 1.23 bits per heavy atom. The highest BCUT2D eigenvalue weighted by molar-refractivity contribution is 5.94. The Hall–Kier alpha value is -2.19. The molecule has 0 radical (unpaired) electrons. The van der Waals surface area contributed by atoms with Gasteiger partial charge < -0.3 is 25.0 Å². The lowest BCUT2D eigenvalue weighted by Gasteiger charge is -2.38. The van der Waals surface area contributed by atoms with Crippen LogP contribution in [0.25, 0.3) is 0 Å². The monoisotopic (exact) mass is 418 g/mol. The minimum absolute atomic E-state index is 0.0170. The number of rotatable bonds is 6. The van der Waals surface area contributed by atoms with Gasteiger partial charge in [0.15, 0.2) is 0 Å². The van der Waals surface area contributed by atoms with Crippen molar-refractivity contribution in [1.29, 1.82) is 0 Å². The van der Waals surface area contributed by atoms with E-state index in [0.717, 1.165) is 32.4 Å².